The van der Waals surface area contributed by atoms with Gasteiger partial charge in [0.25, 0.3) is 5.91 Å². The molecule has 6 nitrogen and oxygen atoms in total. The molecule has 5 heterocycles. The van der Waals surface area contributed by atoms with Gasteiger partial charge in [-0.15, -0.1) is 0 Å². The molecule has 3 aliphatic rings. The zero-order valence-corrected chi connectivity index (χ0v) is 17.6. The molecule has 3 aromatic rings. The fourth-order valence-corrected chi connectivity index (χ4v) is 4.70. The molecule has 3 atom stereocenters. The number of alkyl halides is 3. The van der Waals surface area contributed by atoms with Crippen LogP contribution >= 0.6 is 0 Å². The number of ether oxygens (including phenoxy) is 1. The van der Waals surface area contributed by atoms with Gasteiger partial charge < -0.3 is 9.64 Å². The molecular formula is C24H21F3N4O2. The number of halogens is 3. The molecule has 0 spiro atoms. The second-order valence-corrected chi connectivity index (χ2v) is 8.36. The minimum absolute atomic E-state index is 0.128. The van der Waals surface area contributed by atoms with Gasteiger partial charge in [-0.05, 0) is 55.5 Å². The Hall–Kier alpha value is -3.49. The molecule has 2 aliphatic heterocycles. The van der Waals surface area contributed by atoms with E-state index in [1.807, 2.05) is 17.0 Å². The van der Waals surface area contributed by atoms with Crippen LogP contribution < -0.4 is 4.74 Å². The van der Waals surface area contributed by atoms with Crippen molar-refractivity contribution in [2.75, 3.05) is 6.54 Å². The van der Waals surface area contributed by atoms with E-state index in [0.717, 1.165) is 31.5 Å². The second kappa shape index (κ2) is 8.46. The maximum Gasteiger partial charge on any atom is 0.417 e. The van der Waals surface area contributed by atoms with Crippen molar-refractivity contribution in [3.63, 3.8) is 0 Å². The quantitative estimate of drug-likeness (QED) is 0.575. The zero-order valence-electron chi connectivity index (χ0n) is 17.6. The number of aromatic nitrogens is 3. The predicted octanol–water partition coefficient (Wildman–Crippen LogP) is 4.63. The maximum atomic E-state index is 13.6. The number of pyridine rings is 3. The monoisotopic (exact) mass is 454 g/mol. The molecule has 1 amide bonds. The average molecular weight is 454 g/mol. The largest absolute Gasteiger partial charge is 0.472 e. The van der Waals surface area contributed by atoms with Crippen LogP contribution in [0, 0.1) is 5.92 Å². The maximum absolute atomic E-state index is 13.6. The van der Waals surface area contributed by atoms with Crippen LogP contribution in [0.3, 0.4) is 0 Å². The number of nitrogens with zero attached hydrogens (tertiary/aromatic N) is 4. The predicted molar refractivity (Wildman–Crippen MR) is 113 cm³/mol. The lowest BCUT2D eigenvalue weighted by molar-refractivity contribution is -0.137. The lowest BCUT2D eigenvalue weighted by atomic mass is 9.77. The van der Waals surface area contributed by atoms with Crippen molar-refractivity contribution in [3.8, 4) is 17.3 Å². The molecule has 2 saturated heterocycles. The van der Waals surface area contributed by atoms with Crippen molar-refractivity contribution in [1.29, 1.82) is 0 Å². The summed E-state index contributed by atoms with van der Waals surface area (Å²) in [5.41, 5.74) is 0.780. The van der Waals surface area contributed by atoms with Crippen LogP contribution in [0.15, 0.2) is 61.1 Å². The molecular weight excluding hydrogens is 433 g/mol. The van der Waals surface area contributed by atoms with Crippen molar-refractivity contribution in [2.45, 2.75) is 37.6 Å². The van der Waals surface area contributed by atoms with Gasteiger partial charge in [0.2, 0.25) is 5.88 Å². The first kappa shape index (κ1) is 21.4. The minimum atomic E-state index is -4.45. The van der Waals surface area contributed by atoms with Crippen molar-refractivity contribution in [1.82, 2.24) is 19.9 Å². The van der Waals surface area contributed by atoms with Gasteiger partial charge in [-0.25, -0.2) is 4.98 Å². The highest BCUT2D eigenvalue weighted by Gasteiger charge is 2.45. The molecule has 0 radical (unpaired) electrons. The Morgan fingerprint density at radius 1 is 1.00 bits per heavy atom. The summed E-state index contributed by atoms with van der Waals surface area (Å²) in [6.07, 6.45) is 1.75. The molecule has 170 valence electrons. The number of fused-ring (bicyclic) bond motifs is 3. The van der Waals surface area contributed by atoms with E-state index in [4.69, 9.17) is 4.74 Å². The van der Waals surface area contributed by atoms with Crippen LogP contribution in [0.5, 0.6) is 5.88 Å². The summed E-state index contributed by atoms with van der Waals surface area (Å²) in [5, 5.41) is 0. The normalized spacial score (nSPS) is 22.3. The molecule has 33 heavy (non-hydrogen) atoms. The molecule has 3 aromatic heterocycles. The standard InChI is InChI=1S/C24H21F3N4O2/c25-24(26,27)16-7-9-21(30-13-16)33-20-12-15-6-8-19(20)31(14-15)23(32)17-4-3-11-29-22(17)18-5-1-2-10-28-18/h1-5,7,9-11,13,15,19-20H,6,8,12,14H2/t15-,19-,20+/m0/s1. The first-order valence-electron chi connectivity index (χ1n) is 10.8. The van der Waals surface area contributed by atoms with E-state index in [9.17, 15) is 18.0 Å². The summed E-state index contributed by atoms with van der Waals surface area (Å²) in [4.78, 5) is 28.0. The highest BCUT2D eigenvalue weighted by molar-refractivity contribution is 5.99. The number of hydrogen-bond donors (Lipinski definition) is 0. The first-order chi connectivity index (χ1) is 15.9. The van der Waals surface area contributed by atoms with Crippen molar-refractivity contribution >= 4 is 5.91 Å². The van der Waals surface area contributed by atoms with Crippen LogP contribution in [0.4, 0.5) is 13.2 Å². The minimum Gasteiger partial charge on any atom is -0.472 e. The van der Waals surface area contributed by atoms with Gasteiger partial charge in [-0.1, -0.05) is 6.07 Å². The summed E-state index contributed by atoms with van der Waals surface area (Å²) in [7, 11) is 0. The van der Waals surface area contributed by atoms with Crippen LogP contribution in [0.25, 0.3) is 11.4 Å². The Morgan fingerprint density at radius 3 is 2.55 bits per heavy atom. The Kier molecular flexibility index (Phi) is 5.47. The molecule has 9 heteroatoms. The number of hydrogen-bond acceptors (Lipinski definition) is 5. The van der Waals surface area contributed by atoms with Crippen LogP contribution in [-0.4, -0.2) is 44.4 Å². The van der Waals surface area contributed by atoms with Gasteiger partial charge in [0, 0.05) is 31.2 Å². The molecule has 2 bridgehead atoms. The Morgan fingerprint density at radius 2 is 1.85 bits per heavy atom. The van der Waals surface area contributed by atoms with E-state index in [2.05, 4.69) is 15.0 Å². The number of amides is 1. The van der Waals surface area contributed by atoms with Gasteiger partial charge in [0.05, 0.1) is 22.9 Å². The third kappa shape index (κ3) is 4.27. The topological polar surface area (TPSA) is 68.2 Å². The summed E-state index contributed by atoms with van der Waals surface area (Å²) >= 11 is 0. The lowest BCUT2D eigenvalue weighted by Gasteiger charge is -2.49. The van der Waals surface area contributed by atoms with E-state index in [1.165, 1.54) is 6.07 Å². The molecule has 0 aromatic carbocycles. The molecule has 0 N–H and O–H groups in total. The molecule has 6 rings (SSSR count). The molecule has 0 unspecified atom stereocenters. The Balaban J connectivity index is 1.38. The van der Waals surface area contributed by atoms with Crippen LogP contribution in [-0.2, 0) is 6.18 Å². The number of carbonyl (C=O) groups excluding carboxylic acids is 1. The fraction of sp³-hybridized carbons (Fsp3) is 0.333. The van der Waals surface area contributed by atoms with E-state index < -0.39 is 11.7 Å². The van der Waals surface area contributed by atoms with E-state index >= 15 is 0 Å². The summed E-state index contributed by atoms with van der Waals surface area (Å²) in [6.45, 7) is 0.611. The zero-order chi connectivity index (χ0) is 23.0. The summed E-state index contributed by atoms with van der Waals surface area (Å²) in [5.74, 6) is 0.240. The lowest BCUT2D eigenvalue weighted by Crippen LogP contribution is -2.59. The molecule has 1 saturated carbocycles. The Labute approximate surface area is 188 Å². The van der Waals surface area contributed by atoms with Crippen molar-refractivity contribution < 1.29 is 22.7 Å². The number of rotatable bonds is 4. The SMILES string of the molecule is O=C(c1cccnc1-c1ccccn1)N1C[C@H]2CC[C@H]1[C@H](Oc1ccc(C(F)(F)F)cn1)C2. The van der Waals surface area contributed by atoms with Crippen LogP contribution in [0.2, 0.25) is 0 Å². The third-order valence-corrected chi connectivity index (χ3v) is 6.26. The van der Waals surface area contributed by atoms with Gasteiger partial charge in [-0.3, -0.25) is 14.8 Å². The van der Waals surface area contributed by atoms with Crippen molar-refractivity contribution in [3.05, 3.63) is 72.2 Å². The summed E-state index contributed by atoms with van der Waals surface area (Å²) < 4.78 is 44.5. The second-order valence-electron chi connectivity index (χ2n) is 8.36. The van der Waals surface area contributed by atoms with Crippen LogP contribution in [0.1, 0.15) is 35.2 Å². The smallest absolute Gasteiger partial charge is 0.417 e. The van der Waals surface area contributed by atoms with E-state index in [-0.39, 0.29) is 29.9 Å². The number of piperidine rings is 2. The number of carbonyl (C=O) groups is 1. The Bertz CT molecular complexity index is 1140. The third-order valence-electron chi connectivity index (χ3n) is 6.26. The molecule has 3 fully saturated rings. The highest BCUT2D eigenvalue weighted by atomic mass is 19.4. The fourth-order valence-electron chi connectivity index (χ4n) is 4.70. The van der Waals surface area contributed by atoms with Crippen molar-refractivity contribution in [2.24, 2.45) is 5.92 Å². The van der Waals surface area contributed by atoms with E-state index in [1.54, 1.807) is 30.6 Å². The highest BCUT2D eigenvalue weighted by Crippen LogP contribution is 2.39. The van der Waals surface area contributed by atoms with Gasteiger partial charge in [0.15, 0.2) is 0 Å². The van der Waals surface area contributed by atoms with E-state index in [0.29, 0.717) is 23.5 Å². The molecule has 1 aliphatic carbocycles. The van der Waals surface area contributed by atoms with Gasteiger partial charge >= 0.3 is 6.18 Å². The average Bonchev–Trinajstić information content (AvgIpc) is 2.84. The first-order valence-corrected chi connectivity index (χ1v) is 10.8. The van der Waals surface area contributed by atoms with Gasteiger partial charge in [-0.2, -0.15) is 13.2 Å². The summed E-state index contributed by atoms with van der Waals surface area (Å²) in [6, 6.07) is 10.9. The van der Waals surface area contributed by atoms with Gasteiger partial charge in [0.1, 0.15) is 11.8 Å².